The molecule has 0 radical (unpaired) electrons. The first-order valence-corrected chi connectivity index (χ1v) is 6.59. The number of alkyl halides is 3. The molecule has 116 valence electrons. The van der Waals surface area contributed by atoms with E-state index in [2.05, 4.69) is 4.98 Å². The molecular formula is C14H18F3N3O. The highest BCUT2D eigenvalue weighted by atomic mass is 19.4. The number of anilines is 1. The van der Waals surface area contributed by atoms with Crippen LogP contribution >= 0.6 is 0 Å². The normalized spacial score (nSPS) is 12.8. The molecular weight excluding hydrogens is 283 g/mol. The Morgan fingerprint density at radius 2 is 2.10 bits per heavy atom. The highest BCUT2D eigenvalue weighted by Crippen LogP contribution is 2.31. The van der Waals surface area contributed by atoms with Crippen molar-refractivity contribution in [3.63, 3.8) is 0 Å². The van der Waals surface area contributed by atoms with Crippen LogP contribution in [0.2, 0.25) is 0 Å². The third-order valence-corrected chi connectivity index (χ3v) is 3.22. The Hall–Kier alpha value is -1.81. The minimum Gasteiger partial charge on any atom is -0.383 e. The number of hydrogen-bond acceptors (Lipinski definition) is 4. The van der Waals surface area contributed by atoms with Gasteiger partial charge in [-0.05, 0) is 25.5 Å². The van der Waals surface area contributed by atoms with E-state index in [0.717, 1.165) is 12.1 Å². The topological polar surface area (TPSA) is 49.1 Å². The van der Waals surface area contributed by atoms with Crippen molar-refractivity contribution in [2.75, 3.05) is 25.2 Å². The van der Waals surface area contributed by atoms with E-state index >= 15 is 0 Å². The SMILES string of the molecule is CCC(C)N(CCOC)c1nc(C(F)(F)F)ccc1C#N. The molecule has 0 saturated heterocycles. The number of aromatic nitrogens is 1. The van der Waals surface area contributed by atoms with Gasteiger partial charge in [0.15, 0.2) is 0 Å². The number of pyridine rings is 1. The second-order valence-electron chi connectivity index (χ2n) is 4.62. The summed E-state index contributed by atoms with van der Waals surface area (Å²) in [6.45, 7) is 4.50. The smallest absolute Gasteiger partial charge is 0.383 e. The number of ether oxygens (including phenoxy) is 1. The number of nitrogens with zero attached hydrogens (tertiary/aromatic N) is 3. The van der Waals surface area contributed by atoms with Gasteiger partial charge in [-0.2, -0.15) is 18.4 Å². The minimum absolute atomic E-state index is 0.0526. The summed E-state index contributed by atoms with van der Waals surface area (Å²) in [6, 6.07) is 3.83. The van der Waals surface area contributed by atoms with Crippen molar-refractivity contribution < 1.29 is 17.9 Å². The van der Waals surface area contributed by atoms with Crippen molar-refractivity contribution >= 4 is 5.82 Å². The van der Waals surface area contributed by atoms with Gasteiger partial charge in [-0.25, -0.2) is 4.98 Å². The van der Waals surface area contributed by atoms with Crippen LogP contribution in [0.1, 0.15) is 31.5 Å². The molecule has 1 aromatic heterocycles. The summed E-state index contributed by atoms with van der Waals surface area (Å²) >= 11 is 0. The Kier molecular flexibility index (Phi) is 5.97. The molecule has 0 fully saturated rings. The van der Waals surface area contributed by atoms with Gasteiger partial charge in [-0.3, -0.25) is 0 Å². The van der Waals surface area contributed by atoms with E-state index in [1.807, 2.05) is 19.9 Å². The van der Waals surface area contributed by atoms with Crippen LogP contribution in [0.3, 0.4) is 0 Å². The lowest BCUT2D eigenvalue weighted by atomic mass is 10.1. The molecule has 1 aromatic rings. The van der Waals surface area contributed by atoms with Crippen LogP contribution < -0.4 is 4.90 Å². The van der Waals surface area contributed by atoms with Crippen LogP contribution in [0, 0.1) is 11.3 Å². The lowest BCUT2D eigenvalue weighted by molar-refractivity contribution is -0.141. The fourth-order valence-corrected chi connectivity index (χ4v) is 1.86. The first kappa shape index (κ1) is 17.2. The maximum atomic E-state index is 12.8. The van der Waals surface area contributed by atoms with Crippen molar-refractivity contribution in [1.82, 2.24) is 4.98 Å². The largest absolute Gasteiger partial charge is 0.433 e. The predicted octanol–water partition coefficient (Wildman–Crippen LogP) is 3.22. The molecule has 0 aliphatic heterocycles. The molecule has 1 atom stereocenters. The van der Waals surface area contributed by atoms with Crippen molar-refractivity contribution in [3.05, 3.63) is 23.4 Å². The van der Waals surface area contributed by atoms with Crippen LogP contribution in [0.5, 0.6) is 0 Å². The highest BCUT2D eigenvalue weighted by Gasteiger charge is 2.34. The lowest BCUT2D eigenvalue weighted by Gasteiger charge is -2.30. The van der Waals surface area contributed by atoms with Crippen LogP contribution in [-0.2, 0) is 10.9 Å². The van der Waals surface area contributed by atoms with Gasteiger partial charge in [0, 0.05) is 19.7 Å². The number of nitriles is 1. The molecule has 0 N–H and O–H groups in total. The third kappa shape index (κ3) is 4.33. The van der Waals surface area contributed by atoms with Gasteiger partial charge in [0.25, 0.3) is 0 Å². The summed E-state index contributed by atoms with van der Waals surface area (Å²) in [4.78, 5) is 5.34. The lowest BCUT2D eigenvalue weighted by Crippen LogP contribution is -2.37. The molecule has 0 spiro atoms. The summed E-state index contributed by atoms with van der Waals surface area (Å²) in [5, 5.41) is 9.11. The number of rotatable bonds is 6. The van der Waals surface area contributed by atoms with E-state index in [1.165, 1.54) is 7.11 Å². The predicted molar refractivity (Wildman–Crippen MR) is 72.9 cm³/mol. The first-order valence-electron chi connectivity index (χ1n) is 6.59. The van der Waals surface area contributed by atoms with Crippen LogP contribution in [0.4, 0.5) is 19.0 Å². The summed E-state index contributed by atoms with van der Waals surface area (Å²) in [6.07, 6.45) is -3.82. The molecule has 0 bridgehead atoms. The van der Waals surface area contributed by atoms with Gasteiger partial charge >= 0.3 is 6.18 Å². The molecule has 0 aliphatic carbocycles. The fraction of sp³-hybridized carbons (Fsp3) is 0.571. The summed E-state index contributed by atoms with van der Waals surface area (Å²) in [7, 11) is 1.51. The Balaban J connectivity index is 3.30. The van der Waals surface area contributed by atoms with Gasteiger partial charge in [-0.1, -0.05) is 6.92 Å². The zero-order chi connectivity index (χ0) is 16.0. The zero-order valence-electron chi connectivity index (χ0n) is 12.2. The molecule has 0 aliphatic rings. The monoisotopic (exact) mass is 301 g/mol. The second kappa shape index (κ2) is 7.27. The molecule has 7 heteroatoms. The molecule has 1 rings (SSSR count). The first-order chi connectivity index (χ1) is 9.85. The Labute approximate surface area is 122 Å². The van der Waals surface area contributed by atoms with Gasteiger partial charge in [0.05, 0.1) is 12.2 Å². The molecule has 1 unspecified atom stereocenters. The summed E-state index contributed by atoms with van der Waals surface area (Å²) in [5.74, 6) is 0.0544. The summed E-state index contributed by atoms with van der Waals surface area (Å²) in [5.41, 5.74) is -0.873. The van der Waals surface area contributed by atoms with E-state index in [-0.39, 0.29) is 17.4 Å². The molecule has 21 heavy (non-hydrogen) atoms. The average Bonchev–Trinajstić information content (AvgIpc) is 2.46. The maximum absolute atomic E-state index is 12.8. The van der Waals surface area contributed by atoms with E-state index in [0.29, 0.717) is 19.6 Å². The zero-order valence-corrected chi connectivity index (χ0v) is 12.2. The van der Waals surface area contributed by atoms with Crippen LogP contribution in [0.15, 0.2) is 12.1 Å². The Morgan fingerprint density at radius 1 is 1.43 bits per heavy atom. The van der Waals surface area contributed by atoms with Crippen LogP contribution in [0.25, 0.3) is 0 Å². The van der Waals surface area contributed by atoms with Crippen molar-refractivity contribution in [2.24, 2.45) is 0 Å². The van der Waals surface area contributed by atoms with Crippen LogP contribution in [-0.4, -0.2) is 31.3 Å². The van der Waals surface area contributed by atoms with Gasteiger partial charge < -0.3 is 9.64 Å². The van der Waals surface area contributed by atoms with E-state index in [9.17, 15) is 13.2 Å². The Bertz CT molecular complexity index is 511. The summed E-state index contributed by atoms with van der Waals surface area (Å²) < 4.78 is 43.4. The number of halogens is 3. The molecule has 0 aromatic carbocycles. The minimum atomic E-state index is -4.54. The maximum Gasteiger partial charge on any atom is 0.433 e. The molecule has 4 nitrogen and oxygen atoms in total. The standard InChI is InChI=1S/C14H18F3N3O/c1-4-10(2)20(7-8-21-3)13-11(9-18)5-6-12(19-13)14(15,16)17/h5-6,10H,4,7-8H2,1-3H3. The quantitative estimate of drug-likeness (QED) is 0.809. The molecule has 0 amide bonds. The van der Waals surface area contributed by atoms with Crippen molar-refractivity contribution in [2.45, 2.75) is 32.5 Å². The van der Waals surface area contributed by atoms with Crippen molar-refractivity contribution in [3.8, 4) is 6.07 Å². The highest BCUT2D eigenvalue weighted by molar-refractivity contribution is 5.55. The average molecular weight is 301 g/mol. The second-order valence-corrected chi connectivity index (χ2v) is 4.62. The molecule has 0 saturated carbocycles. The van der Waals surface area contributed by atoms with E-state index < -0.39 is 11.9 Å². The van der Waals surface area contributed by atoms with Gasteiger partial charge in [0.2, 0.25) is 0 Å². The van der Waals surface area contributed by atoms with E-state index in [4.69, 9.17) is 10.00 Å². The molecule has 1 heterocycles. The Morgan fingerprint density at radius 3 is 2.57 bits per heavy atom. The third-order valence-electron chi connectivity index (χ3n) is 3.22. The van der Waals surface area contributed by atoms with E-state index in [1.54, 1.807) is 4.90 Å². The van der Waals surface area contributed by atoms with Gasteiger partial charge in [0.1, 0.15) is 17.6 Å². The number of methoxy groups -OCH3 is 1. The van der Waals surface area contributed by atoms with Crippen molar-refractivity contribution in [1.29, 1.82) is 5.26 Å². The van der Waals surface area contributed by atoms with Gasteiger partial charge in [-0.15, -0.1) is 0 Å². The number of hydrogen-bond donors (Lipinski definition) is 0. The fourth-order valence-electron chi connectivity index (χ4n) is 1.86.